The van der Waals surface area contributed by atoms with E-state index in [0.29, 0.717) is 28.6 Å². The molecule has 3 nitrogen and oxygen atoms in total. The first-order chi connectivity index (χ1) is 8.47. The second-order valence-corrected chi connectivity index (χ2v) is 5.65. The molecule has 1 saturated carbocycles. The fourth-order valence-corrected chi connectivity index (χ4v) is 3.17. The van der Waals surface area contributed by atoms with Crippen LogP contribution in [0.25, 0.3) is 0 Å². The Morgan fingerprint density at radius 2 is 1.94 bits per heavy atom. The number of aliphatic carboxylic acids is 1. The van der Waals surface area contributed by atoms with Crippen LogP contribution in [0, 0.1) is 5.82 Å². The predicted molar refractivity (Wildman–Crippen MR) is 70.9 cm³/mol. The lowest BCUT2D eigenvalue weighted by atomic mass is 9.69. The number of benzene rings is 1. The summed E-state index contributed by atoms with van der Waals surface area (Å²) in [6.45, 7) is 0. The van der Waals surface area contributed by atoms with E-state index in [0.717, 1.165) is 19.3 Å². The summed E-state index contributed by atoms with van der Waals surface area (Å²) in [7, 11) is 0. The number of carbonyl (C=O) groups is 1. The van der Waals surface area contributed by atoms with Gasteiger partial charge in [0, 0.05) is 4.47 Å². The topological polar surface area (TPSA) is 63.3 Å². The van der Waals surface area contributed by atoms with E-state index in [2.05, 4.69) is 15.9 Å². The van der Waals surface area contributed by atoms with Crippen molar-refractivity contribution < 1.29 is 14.3 Å². The first-order valence-electron chi connectivity index (χ1n) is 5.96. The van der Waals surface area contributed by atoms with Crippen molar-refractivity contribution >= 4 is 27.6 Å². The van der Waals surface area contributed by atoms with Gasteiger partial charge in [0.1, 0.15) is 5.82 Å². The molecular weight excluding hydrogens is 301 g/mol. The third-order valence-electron chi connectivity index (χ3n) is 3.73. The van der Waals surface area contributed by atoms with Gasteiger partial charge in [0.2, 0.25) is 0 Å². The van der Waals surface area contributed by atoms with Crippen LogP contribution >= 0.6 is 15.9 Å². The Morgan fingerprint density at radius 1 is 1.33 bits per heavy atom. The minimum atomic E-state index is -1.03. The summed E-state index contributed by atoms with van der Waals surface area (Å²) in [6.07, 6.45) is 3.72. The van der Waals surface area contributed by atoms with Crippen molar-refractivity contribution in [1.82, 2.24) is 0 Å². The molecule has 1 fully saturated rings. The minimum absolute atomic E-state index is 0.334. The number of hydrogen-bond acceptors (Lipinski definition) is 2. The first-order valence-corrected chi connectivity index (χ1v) is 6.75. The molecule has 3 N–H and O–H groups in total. The molecule has 0 unspecified atom stereocenters. The average Bonchev–Trinajstić information content (AvgIpc) is 2.34. The van der Waals surface area contributed by atoms with E-state index in [1.54, 1.807) is 0 Å². The molecule has 18 heavy (non-hydrogen) atoms. The van der Waals surface area contributed by atoms with Gasteiger partial charge in [-0.05, 0) is 46.5 Å². The lowest BCUT2D eigenvalue weighted by molar-refractivity contribution is -0.145. The summed E-state index contributed by atoms with van der Waals surface area (Å²) in [5.74, 6) is -1.37. The Morgan fingerprint density at radius 3 is 2.50 bits per heavy atom. The Balaban J connectivity index is 2.59. The van der Waals surface area contributed by atoms with Gasteiger partial charge in [-0.3, -0.25) is 4.79 Å². The van der Waals surface area contributed by atoms with Gasteiger partial charge in [-0.25, -0.2) is 4.39 Å². The van der Waals surface area contributed by atoms with Crippen molar-refractivity contribution in [2.45, 2.75) is 37.5 Å². The molecule has 0 bridgehead atoms. The third-order valence-corrected chi connectivity index (χ3v) is 4.38. The Hall–Kier alpha value is -1.10. The molecule has 0 amide bonds. The number of anilines is 1. The fourth-order valence-electron chi connectivity index (χ4n) is 2.73. The molecule has 0 radical (unpaired) electrons. The average molecular weight is 316 g/mol. The van der Waals surface area contributed by atoms with Crippen molar-refractivity contribution in [3.63, 3.8) is 0 Å². The SMILES string of the molecule is Nc1c(Br)cc(F)cc1C1(C(=O)O)CCCCC1. The van der Waals surface area contributed by atoms with E-state index >= 15 is 0 Å². The molecule has 0 aromatic heterocycles. The highest BCUT2D eigenvalue weighted by Crippen LogP contribution is 2.44. The van der Waals surface area contributed by atoms with Crippen LogP contribution < -0.4 is 5.73 Å². The molecule has 98 valence electrons. The fraction of sp³-hybridized carbons (Fsp3) is 0.462. The minimum Gasteiger partial charge on any atom is -0.481 e. The van der Waals surface area contributed by atoms with Gasteiger partial charge in [-0.1, -0.05) is 19.3 Å². The molecular formula is C13H15BrFNO2. The van der Waals surface area contributed by atoms with E-state index in [-0.39, 0.29) is 0 Å². The number of carboxylic acids is 1. The van der Waals surface area contributed by atoms with E-state index in [4.69, 9.17) is 5.73 Å². The molecule has 0 atom stereocenters. The van der Waals surface area contributed by atoms with Gasteiger partial charge in [0.15, 0.2) is 0 Å². The molecule has 0 aliphatic heterocycles. The number of halogens is 2. The van der Waals surface area contributed by atoms with Crippen molar-refractivity contribution in [2.24, 2.45) is 0 Å². The van der Waals surface area contributed by atoms with Crippen LogP contribution in [-0.2, 0) is 10.2 Å². The van der Waals surface area contributed by atoms with Crippen LogP contribution in [-0.4, -0.2) is 11.1 Å². The zero-order valence-corrected chi connectivity index (χ0v) is 11.5. The maximum atomic E-state index is 13.5. The van der Waals surface area contributed by atoms with Crippen molar-refractivity contribution in [2.75, 3.05) is 5.73 Å². The first kappa shape index (κ1) is 13.3. The molecule has 1 aliphatic carbocycles. The molecule has 0 heterocycles. The van der Waals surface area contributed by atoms with Crippen LogP contribution in [0.2, 0.25) is 0 Å². The van der Waals surface area contributed by atoms with Gasteiger partial charge in [0.05, 0.1) is 11.1 Å². The molecule has 2 rings (SSSR count). The number of nitrogens with two attached hydrogens (primary N) is 1. The van der Waals surface area contributed by atoms with E-state index in [1.807, 2.05) is 0 Å². The van der Waals surface area contributed by atoms with Crippen molar-refractivity contribution in [3.8, 4) is 0 Å². The van der Waals surface area contributed by atoms with Crippen LogP contribution in [0.4, 0.5) is 10.1 Å². The zero-order valence-electron chi connectivity index (χ0n) is 9.88. The third kappa shape index (κ3) is 2.11. The van der Waals surface area contributed by atoms with E-state index < -0.39 is 17.2 Å². The van der Waals surface area contributed by atoms with Crippen LogP contribution in [0.3, 0.4) is 0 Å². The molecule has 5 heteroatoms. The quantitative estimate of drug-likeness (QED) is 0.821. The second kappa shape index (κ2) is 4.88. The number of rotatable bonds is 2. The summed E-state index contributed by atoms with van der Waals surface area (Å²) in [5, 5.41) is 9.56. The van der Waals surface area contributed by atoms with E-state index in [9.17, 15) is 14.3 Å². The normalized spacial score (nSPS) is 18.6. The van der Waals surface area contributed by atoms with Gasteiger partial charge in [-0.2, -0.15) is 0 Å². The molecule has 0 saturated heterocycles. The van der Waals surface area contributed by atoms with Crippen molar-refractivity contribution in [3.05, 3.63) is 28.0 Å². The highest BCUT2D eigenvalue weighted by molar-refractivity contribution is 9.10. The predicted octanol–water partition coefficient (Wildman–Crippen LogP) is 3.46. The standard InChI is InChI=1S/C13H15BrFNO2/c14-10-7-8(15)6-9(11(10)16)13(12(17)18)4-2-1-3-5-13/h6-7H,1-5,16H2,(H,17,18). The summed E-state index contributed by atoms with van der Waals surface area (Å²) in [4.78, 5) is 11.7. The van der Waals surface area contributed by atoms with Crippen LogP contribution in [0.1, 0.15) is 37.7 Å². The highest BCUT2D eigenvalue weighted by Gasteiger charge is 2.43. The lowest BCUT2D eigenvalue weighted by Crippen LogP contribution is -2.38. The summed E-state index contributed by atoms with van der Waals surface area (Å²) in [5.41, 5.74) is 5.63. The zero-order chi connectivity index (χ0) is 13.3. The van der Waals surface area contributed by atoms with Gasteiger partial charge in [-0.15, -0.1) is 0 Å². The Kier molecular flexibility index (Phi) is 3.61. The van der Waals surface area contributed by atoms with Crippen LogP contribution in [0.15, 0.2) is 16.6 Å². The molecule has 1 aliphatic rings. The smallest absolute Gasteiger partial charge is 0.314 e. The molecule has 1 aromatic rings. The molecule has 0 spiro atoms. The number of hydrogen-bond donors (Lipinski definition) is 2. The summed E-state index contributed by atoms with van der Waals surface area (Å²) in [6, 6.07) is 2.52. The summed E-state index contributed by atoms with van der Waals surface area (Å²) >= 11 is 3.18. The van der Waals surface area contributed by atoms with Crippen molar-refractivity contribution in [1.29, 1.82) is 0 Å². The van der Waals surface area contributed by atoms with Gasteiger partial charge in [0.25, 0.3) is 0 Å². The monoisotopic (exact) mass is 315 g/mol. The van der Waals surface area contributed by atoms with Gasteiger partial charge >= 0.3 is 5.97 Å². The maximum Gasteiger partial charge on any atom is 0.314 e. The maximum absolute atomic E-state index is 13.5. The Labute approximate surface area is 113 Å². The van der Waals surface area contributed by atoms with E-state index in [1.165, 1.54) is 12.1 Å². The van der Waals surface area contributed by atoms with Gasteiger partial charge < -0.3 is 10.8 Å². The lowest BCUT2D eigenvalue weighted by Gasteiger charge is -2.34. The largest absolute Gasteiger partial charge is 0.481 e. The Bertz CT molecular complexity index is 484. The molecule has 1 aromatic carbocycles. The number of nitrogen functional groups attached to an aromatic ring is 1. The number of carboxylic acid groups (broad SMARTS) is 1. The second-order valence-electron chi connectivity index (χ2n) is 4.80. The summed E-state index contributed by atoms with van der Waals surface area (Å²) < 4.78 is 13.9. The van der Waals surface area contributed by atoms with Crippen LogP contribution in [0.5, 0.6) is 0 Å². The highest BCUT2D eigenvalue weighted by atomic mass is 79.9.